The van der Waals surface area contributed by atoms with Crippen LogP contribution in [0.3, 0.4) is 0 Å². The van der Waals surface area contributed by atoms with Gasteiger partial charge in [0.1, 0.15) is 0 Å². The molecular weight excluding hydrogens is 252 g/mol. The molecule has 1 N–H and O–H groups in total. The monoisotopic (exact) mass is 268 g/mol. The van der Waals surface area contributed by atoms with Crippen molar-refractivity contribution in [3.05, 3.63) is 65.3 Å². The largest absolute Gasteiger partial charge is 0.306 e. The van der Waals surface area contributed by atoms with Crippen molar-refractivity contribution in [1.29, 1.82) is 0 Å². The highest BCUT2D eigenvalue weighted by Crippen LogP contribution is 2.33. The number of aromatic nitrogens is 1. The number of benzene rings is 1. The summed E-state index contributed by atoms with van der Waals surface area (Å²) in [5.41, 5.74) is 2.56. The summed E-state index contributed by atoms with van der Waals surface area (Å²) in [5, 5.41) is 7.15. The zero-order valence-electron chi connectivity index (χ0n) is 10.8. The third kappa shape index (κ3) is 2.39. The minimum absolute atomic E-state index is 0.217. The number of rotatable bonds is 4. The molecule has 3 rings (SSSR count). The average Bonchev–Trinajstić information content (AvgIpc) is 2.89. The number of hydrogen-bond acceptors (Lipinski definition) is 3. The molecule has 0 unspecified atom stereocenters. The van der Waals surface area contributed by atoms with Crippen LogP contribution in [0.4, 0.5) is 0 Å². The second-order valence-corrected chi connectivity index (χ2v) is 5.38. The number of hydrogen-bond donors (Lipinski definition) is 1. The molecule has 1 atom stereocenters. The van der Waals surface area contributed by atoms with E-state index in [1.165, 1.54) is 21.2 Å². The van der Waals surface area contributed by atoms with Crippen LogP contribution in [0.2, 0.25) is 0 Å². The lowest BCUT2D eigenvalue weighted by Gasteiger charge is -2.17. The molecule has 2 nitrogen and oxygen atoms in total. The molecule has 0 fully saturated rings. The van der Waals surface area contributed by atoms with Crippen molar-refractivity contribution in [2.75, 3.05) is 6.54 Å². The molecule has 0 aliphatic rings. The number of thiophene rings is 1. The normalized spacial score (nSPS) is 12.7. The molecule has 3 heteroatoms. The average molecular weight is 268 g/mol. The first-order valence-electron chi connectivity index (χ1n) is 6.49. The van der Waals surface area contributed by atoms with Gasteiger partial charge in [-0.05, 0) is 40.6 Å². The van der Waals surface area contributed by atoms with Gasteiger partial charge in [-0.3, -0.25) is 4.98 Å². The van der Waals surface area contributed by atoms with E-state index in [1.807, 2.05) is 18.5 Å². The molecule has 96 valence electrons. The molecule has 19 heavy (non-hydrogen) atoms. The summed E-state index contributed by atoms with van der Waals surface area (Å²) in [6, 6.07) is 12.9. The Morgan fingerprint density at radius 1 is 1.21 bits per heavy atom. The number of nitrogens with one attached hydrogen (secondary N) is 1. The van der Waals surface area contributed by atoms with Crippen LogP contribution in [0.15, 0.2) is 54.2 Å². The first-order valence-corrected chi connectivity index (χ1v) is 7.37. The van der Waals surface area contributed by atoms with Gasteiger partial charge in [-0.25, -0.2) is 0 Å². The number of fused-ring (bicyclic) bond motifs is 1. The van der Waals surface area contributed by atoms with Crippen molar-refractivity contribution >= 4 is 21.4 Å². The molecule has 1 aromatic carbocycles. The van der Waals surface area contributed by atoms with Gasteiger partial charge in [-0.2, -0.15) is 0 Å². The van der Waals surface area contributed by atoms with E-state index in [1.54, 1.807) is 11.3 Å². The van der Waals surface area contributed by atoms with Crippen molar-refractivity contribution in [1.82, 2.24) is 10.3 Å². The molecule has 3 aromatic rings. The lowest BCUT2D eigenvalue weighted by Crippen LogP contribution is -2.21. The molecule has 0 radical (unpaired) electrons. The maximum absolute atomic E-state index is 4.24. The first-order chi connectivity index (χ1) is 9.40. The van der Waals surface area contributed by atoms with E-state index in [9.17, 15) is 0 Å². The highest BCUT2D eigenvalue weighted by molar-refractivity contribution is 7.17. The number of nitrogens with zero attached hydrogens (tertiary/aromatic N) is 1. The Balaban J connectivity index is 2.10. The molecular formula is C16H16N2S. The van der Waals surface area contributed by atoms with Crippen LogP contribution in [-0.4, -0.2) is 11.5 Å². The predicted octanol–water partition coefficient (Wildman–Crippen LogP) is 4.00. The molecule has 0 aliphatic heterocycles. The summed E-state index contributed by atoms with van der Waals surface area (Å²) in [5.74, 6) is 0. The van der Waals surface area contributed by atoms with E-state index >= 15 is 0 Å². The minimum Gasteiger partial charge on any atom is -0.306 e. The van der Waals surface area contributed by atoms with Gasteiger partial charge in [0, 0.05) is 17.1 Å². The van der Waals surface area contributed by atoms with Crippen LogP contribution in [-0.2, 0) is 0 Å². The molecule has 2 aromatic heterocycles. The van der Waals surface area contributed by atoms with Gasteiger partial charge in [-0.1, -0.05) is 31.2 Å². The van der Waals surface area contributed by atoms with Crippen molar-refractivity contribution in [2.45, 2.75) is 13.0 Å². The van der Waals surface area contributed by atoms with Gasteiger partial charge < -0.3 is 5.32 Å². The van der Waals surface area contributed by atoms with Gasteiger partial charge in [0.15, 0.2) is 0 Å². The van der Waals surface area contributed by atoms with Crippen LogP contribution in [0, 0.1) is 0 Å². The Labute approximate surface area is 117 Å². The van der Waals surface area contributed by atoms with Gasteiger partial charge in [-0.15, -0.1) is 11.3 Å². The second kappa shape index (κ2) is 5.51. The molecule has 0 bridgehead atoms. The topological polar surface area (TPSA) is 24.9 Å². The summed E-state index contributed by atoms with van der Waals surface area (Å²) in [6.45, 7) is 3.07. The van der Waals surface area contributed by atoms with Gasteiger partial charge >= 0.3 is 0 Å². The van der Waals surface area contributed by atoms with E-state index in [-0.39, 0.29) is 6.04 Å². The Kier molecular flexibility index (Phi) is 3.58. The Morgan fingerprint density at radius 2 is 2.11 bits per heavy atom. The summed E-state index contributed by atoms with van der Waals surface area (Å²) in [7, 11) is 0. The Morgan fingerprint density at radius 3 is 2.89 bits per heavy atom. The Bertz CT molecular complexity index is 661. The van der Waals surface area contributed by atoms with Crippen molar-refractivity contribution in [2.24, 2.45) is 0 Å². The minimum atomic E-state index is 0.217. The zero-order valence-corrected chi connectivity index (χ0v) is 11.7. The highest BCUT2D eigenvalue weighted by atomic mass is 32.1. The van der Waals surface area contributed by atoms with Gasteiger partial charge in [0.2, 0.25) is 0 Å². The van der Waals surface area contributed by atoms with Crippen LogP contribution >= 0.6 is 11.3 Å². The lowest BCUT2D eigenvalue weighted by atomic mass is 9.99. The van der Waals surface area contributed by atoms with E-state index in [0.717, 1.165) is 6.54 Å². The molecule has 0 saturated heterocycles. The molecule has 0 saturated carbocycles. The molecule has 0 spiro atoms. The van der Waals surface area contributed by atoms with E-state index in [2.05, 4.69) is 52.9 Å². The Hall–Kier alpha value is -1.71. The predicted molar refractivity (Wildman–Crippen MR) is 81.6 cm³/mol. The third-order valence-corrected chi connectivity index (χ3v) is 4.23. The quantitative estimate of drug-likeness (QED) is 0.773. The molecule has 2 heterocycles. The maximum Gasteiger partial charge on any atom is 0.0606 e. The van der Waals surface area contributed by atoms with Gasteiger partial charge in [0.05, 0.1) is 6.04 Å². The first kappa shape index (κ1) is 12.3. The highest BCUT2D eigenvalue weighted by Gasteiger charge is 2.16. The molecule has 0 aliphatic carbocycles. The van der Waals surface area contributed by atoms with Gasteiger partial charge in [0.25, 0.3) is 0 Å². The fraction of sp³-hybridized carbons (Fsp3) is 0.188. The van der Waals surface area contributed by atoms with Crippen molar-refractivity contribution in [3.63, 3.8) is 0 Å². The summed E-state index contributed by atoms with van der Waals surface area (Å²) in [6.07, 6.45) is 3.76. The van der Waals surface area contributed by atoms with Crippen LogP contribution in [0.25, 0.3) is 10.1 Å². The van der Waals surface area contributed by atoms with E-state index in [0.29, 0.717) is 0 Å². The van der Waals surface area contributed by atoms with Crippen LogP contribution in [0.5, 0.6) is 0 Å². The fourth-order valence-electron chi connectivity index (χ4n) is 2.38. The lowest BCUT2D eigenvalue weighted by molar-refractivity contribution is 0.634. The third-order valence-electron chi connectivity index (χ3n) is 3.25. The zero-order chi connectivity index (χ0) is 13.1. The standard InChI is InChI=1S/C16H16N2S/c1-2-18-16(12-6-5-9-17-10-12)14-11-19-15-8-4-3-7-13(14)15/h3-11,16,18H,2H2,1H3/t16-/m0/s1. The van der Waals surface area contributed by atoms with Crippen LogP contribution < -0.4 is 5.32 Å². The second-order valence-electron chi connectivity index (χ2n) is 4.46. The molecule has 0 amide bonds. The van der Waals surface area contributed by atoms with Crippen LogP contribution in [0.1, 0.15) is 24.1 Å². The van der Waals surface area contributed by atoms with Crippen molar-refractivity contribution in [3.8, 4) is 0 Å². The summed E-state index contributed by atoms with van der Waals surface area (Å²) >= 11 is 1.80. The van der Waals surface area contributed by atoms with E-state index in [4.69, 9.17) is 0 Å². The smallest absolute Gasteiger partial charge is 0.0606 e. The summed E-state index contributed by atoms with van der Waals surface area (Å²) < 4.78 is 1.34. The number of pyridine rings is 1. The SMILES string of the molecule is CCN[C@@H](c1cccnc1)c1csc2ccccc12. The fourth-order valence-corrected chi connectivity index (χ4v) is 3.37. The van der Waals surface area contributed by atoms with Crippen molar-refractivity contribution < 1.29 is 0 Å². The van der Waals surface area contributed by atoms with E-state index < -0.39 is 0 Å². The maximum atomic E-state index is 4.24. The summed E-state index contributed by atoms with van der Waals surface area (Å²) in [4.78, 5) is 4.24.